The van der Waals surface area contributed by atoms with Crippen LogP contribution in [0.15, 0.2) is 61.2 Å². The van der Waals surface area contributed by atoms with E-state index in [9.17, 15) is 9.59 Å². The molecule has 0 saturated carbocycles. The molecular formula is C17H14N2O3S. The summed E-state index contributed by atoms with van der Waals surface area (Å²) < 4.78 is 0. The Morgan fingerprint density at radius 1 is 0.957 bits per heavy atom. The summed E-state index contributed by atoms with van der Waals surface area (Å²) >= 11 is 5.08. The van der Waals surface area contributed by atoms with Crippen molar-refractivity contribution in [2.75, 3.05) is 5.32 Å². The van der Waals surface area contributed by atoms with Gasteiger partial charge in [-0.3, -0.25) is 10.1 Å². The van der Waals surface area contributed by atoms with Crippen LogP contribution >= 0.6 is 12.2 Å². The first kappa shape index (κ1) is 16.4. The average molecular weight is 326 g/mol. The van der Waals surface area contributed by atoms with Gasteiger partial charge in [-0.05, 0) is 42.0 Å². The largest absolute Gasteiger partial charge is 0.478 e. The number of carbonyl (C=O) groups excluding carboxylic acids is 1. The first-order valence-electron chi connectivity index (χ1n) is 6.67. The van der Waals surface area contributed by atoms with Crippen molar-refractivity contribution in [1.29, 1.82) is 0 Å². The van der Waals surface area contributed by atoms with Crippen LogP contribution < -0.4 is 10.6 Å². The lowest BCUT2D eigenvalue weighted by molar-refractivity contribution is -0.130. The maximum Gasteiger partial charge on any atom is 0.335 e. The molecule has 0 aliphatic carbocycles. The number of carboxylic acid groups (broad SMARTS) is 1. The standard InChI is InChI=1S/C17H14N2O3S/c1-11(16(21)22)12-7-9-14(10-8-12)18-17(23)19-15(20)13-5-3-2-4-6-13/h2-10H,1H2,(H,21,22)(H2,18,19,20,23). The van der Waals surface area contributed by atoms with Crippen molar-refractivity contribution in [3.8, 4) is 0 Å². The Morgan fingerprint density at radius 3 is 2.13 bits per heavy atom. The Bertz CT molecular complexity index is 755. The molecule has 0 aliphatic heterocycles. The van der Waals surface area contributed by atoms with Crippen LogP contribution in [0.4, 0.5) is 5.69 Å². The van der Waals surface area contributed by atoms with E-state index in [0.717, 1.165) is 0 Å². The number of rotatable bonds is 4. The molecule has 2 aromatic carbocycles. The number of carbonyl (C=O) groups is 2. The molecule has 2 aromatic rings. The highest BCUT2D eigenvalue weighted by Gasteiger charge is 2.09. The van der Waals surface area contributed by atoms with Gasteiger partial charge in [-0.25, -0.2) is 4.79 Å². The predicted molar refractivity (Wildman–Crippen MR) is 93.2 cm³/mol. The van der Waals surface area contributed by atoms with Gasteiger partial charge in [0.25, 0.3) is 5.91 Å². The van der Waals surface area contributed by atoms with Crippen LogP contribution in [0.25, 0.3) is 5.57 Å². The van der Waals surface area contributed by atoms with E-state index in [0.29, 0.717) is 16.8 Å². The minimum Gasteiger partial charge on any atom is -0.478 e. The zero-order valence-electron chi connectivity index (χ0n) is 12.1. The van der Waals surface area contributed by atoms with Gasteiger partial charge in [-0.15, -0.1) is 0 Å². The zero-order valence-corrected chi connectivity index (χ0v) is 12.9. The van der Waals surface area contributed by atoms with E-state index in [1.165, 1.54) is 0 Å². The van der Waals surface area contributed by atoms with Gasteiger partial charge in [0.1, 0.15) is 0 Å². The van der Waals surface area contributed by atoms with Crippen LogP contribution in [0, 0.1) is 0 Å². The number of anilines is 1. The molecule has 5 nitrogen and oxygen atoms in total. The summed E-state index contributed by atoms with van der Waals surface area (Å²) in [5, 5.41) is 14.5. The predicted octanol–water partition coefficient (Wildman–Crippen LogP) is 2.91. The summed E-state index contributed by atoms with van der Waals surface area (Å²) in [7, 11) is 0. The summed E-state index contributed by atoms with van der Waals surface area (Å²) in [6.45, 7) is 3.49. The van der Waals surface area contributed by atoms with Gasteiger partial charge in [-0.1, -0.05) is 36.9 Å². The van der Waals surface area contributed by atoms with Crippen molar-refractivity contribution in [2.45, 2.75) is 0 Å². The summed E-state index contributed by atoms with van der Waals surface area (Å²) in [4.78, 5) is 22.8. The van der Waals surface area contributed by atoms with Crippen LogP contribution in [0.5, 0.6) is 0 Å². The molecule has 0 heterocycles. The summed E-state index contributed by atoms with van der Waals surface area (Å²) in [6.07, 6.45) is 0. The van der Waals surface area contributed by atoms with Crippen molar-refractivity contribution in [3.63, 3.8) is 0 Å². The Morgan fingerprint density at radius 2 is 1.57 bits per heavy atom. The molecule has 2 rings (SSSR count). The van der Waals surface area contributed by atoms with Gasteiger partial charge in [-0.2, -0.15) is 0 Å². The lowest BCUT2D eigenvalue weighted by Gasteiger charge is -2.10. The van der Waals surface area contributed by atoms with E-state index in [1.807, 2.05) is 6.07 Å². The van der Waals surface area contributed by atoms with Crippen LogP contribution in [0.3, 0.4) is 0 Å². The molecule has 0 aromatic heterocycles. The quantitative estimate of drug-likeness (QED) is 0.595. The fraction of sp³-hybridized carbons (Fsp3) is 0. The van der Waals surface area contributed by atoms with E-state index in [2.05, 4.69) is 17.2 Å². The fourth-order valence-corrected chi connectivity index (χ4v) is 2.02. The van der Waals surface area contributed by atoms with Crippen LogP contribution in [0.1, 0.15) is 15.9 Å². The smallest absolute Gasteiger partial charge is 0.335 e. The number of aliphatic carboxylic acids is 1. The highest BCUT2D eigenvalue weighted by Crippen LogP contribution is 2.16. The average Bonchev–Trinajstić information content (AvgIpc) is 2.55. The molecule has 116 valence electrons. The Labute approximate surface area is 138 Å². The third kappa shape index (κ3) is 4.49. The van der Waals surface area contributed by atoms with Crippen molar-refractivity contribution in [1.82, 2.24) is 5.32 Å². The monoisotopic (exact) mass is 326 g/mol. The molecule has 0 radical (unpaired) electrons. The van der Waals surface area contributed by atoms with Gasteiger partial charge >= 0.3 is 5.97 Å². The lowest BCUT2D eigenvalue weighted by Crippen LogP contribution is -2.34. The van der Waals surface area contributed by atoms with E-state index in [4.69, 9.17) is 17.3 Å². The highest BCUT2D eigenvalue weighted by atomic mass is 32.1. The van der Waals surface area contributed by atoms with Crippen molar-refractivity contribution in [3.05, 3.63) is 72.3 Å². The molecule has 0 spiro atoms. The zero-order chi connectivity index (χ0) is 16.8. The second-order valence-corrected chi connectivity index (χ2v) is 5.04. The first-order chi connectivity index (χ1) is 11.0. The van der Waals surface area contributed by atoms with E-state index < -0.39 is 5.97 Å². The molecule has 0 saturated heterocycles. The van der Waals surface area contributed by atoms with E-state index in [-0.39, 0.29) is 16.6 Å². The number of thiocarbonyl (C=S) groups is 1. The van der Waals surface area contributed by atoms with Gasteiger partial charge in [0.05, 0.1) is 5.57 Å². The lowest BCUT2D eigenvalue weighted by atomic mass is 10.1. The number of hydrogen-bond acceptors (Lipinski definition) is 3. The molecule has 23 heavy (non-hydrogen) atoms. The molecule has 3 N–H and O–H groups in total. The molecule has 0 bridgehead atoms. The first-order valence-corrected chi connectivity index (χ1v) is 7.08. The summed E-state index contributed by atoms with van der Waals surface area (Å²) in [5.41, 5.74) is 1.65. The molecule has 0 fully saturated rings. The van der Waals surface area contributed by atoms with Gasteiger partial charge in [0, 0.05) is 11.3 Å². The topological polar surface area (TPSA) is 78.4 Å². The minimum absolute atomic E-state index is 0.0107. The number of carboxylic acids is 1. The molecular weight excluding hydrogens is 312 g/mol. The number of hydrogen-bond donors (Lipinski definition) is 3. The minimum atomic E-state index is -1.07. The summed E-state index contributed by atoms with van der Waals surface area (Å²) in [5.74, 6) is -1.38. The molecule has 0 atom stereocenters. The SMILES string of the molecule is C=C(C(=O)O)c1ccc(NC(=S)NC(=O)c2ccccc2)cc1. The van der Waals surface area contributed by atoms with Gasteiger partial charge < -0.3 is 10.4 Å². The fourth-order valence-electron chi connectivity index (χ4n) is 1.81. The molecule has 6 heteroatoms. The normalized spacial score (nSPS) is 9.74. The molecule has 0 unspecified atom stereocenters. The number of benzene rings is 2. The number of nitrogens with one attached hydrogen (secondary N) is 2. The number of amides is 1. The third-order valence-electron chi connectivity index (χ3n) is 3.01. The second-order valence-electron chi connectivity index (χ2n) is 4.64. The maximum absolute atomic E-state index is 11.9. The second kappa shape index (κ2) is 7.33. The Balaban J connectivity index is 1.97. The Hall–Kier alpha value is -2.99. The van der Waals surface area contributed by atoms with Crippen LogP contribution in [-0.2, 0) is 4.79 Å². The summed E-state index contributed by atoms with van der Waals surface area (Å²) in [6, 6.07) is 15.3. The molecule has 1 amide bonds. The Kier molecular flexibility index (Phi) is 5.22. The van der Waals surface area contributed by atoms with Crippen molar-refractivity contribution >= 4 is 40.5 Å². The van der Waals surface area contributed by atoms with Crippen molar-refractivity contribution in [2.24, 2.45) is 0 Å². The van der Waals surface area contributed by atoms with Gasteiger partial charge in [0.2, 0.25) is 0 Å². The van der Waals surface area contributed by atoms with Crippen LogP contribution in [-0.4, -0.2) is 22.1 Å². The third-order valence-corrected chi connectivity index (χ3v) is 3.22. The van der Waals surface area contributed by atoms with Gasteiger partial charge in [0.15, 0.2) is 5.11 Å². The highest BCUT2D eigenvalue weighted by molar-refractivity contribution is 7.80. The van der Waals surface area contributed by atoms with E-state index >= 15 is 0 Å². The van der Waals surface area contributed by atoms with E-state index in [1.54, 1.807) is 48.5 Å². The van der Waals surface area contributed by atoms with Crippen LogP contribution in [0.2, 0.25) is 0 Å². The maximum atomic E-state index is 11.9. The van der Waals surface area contributed by atoms with Crippen molar-refractivity contribution < 1.29 is 14.7 Å². The molecule has 0 aliphatic rings.